The van der Waals surface area contributed by atoms with E-state index in [1.165, 1.54) is 12.8 Å². The highest BCUT2D eigenvalue weighted by atomic mass is 16.1. The molecule has 0 spiro atoms. The smallest absolute Gasteiger partial charge is 0.163 e. The number of ketones is 1. The minimum Gasteiger partial charge on any atom is -0.367 e. The molecule has 0 aliphatic heterocycles. The molecular formula is C21H20N4O. The summed E-state index contributed by atoms with van der Waals surface area (Å²) >= 11 is 0. The van der Waals surface area contributed by atoms with Gasteiger partial charge in [-0.1, -0.05) is 30.3 Å². The van der Waals surface area contributed by atoms with Crippen LogP contribution >= 0.6 is 0 Å². The summed E-state index contributed by atoms with van der Waals surface area (Å²) in [5.74, 6) is 2.28. The normalized spacial score (nSPS) is 13.3. The molecule has 5 heteroatoms. The van der Waals surface area contributed by atoms with Crippen molar-refractivity contribution in [3.63, 3.8) is 0 Å². The van der Waals surface area contributed by atoms with E-state index in [2.05, 4.69) is 20.6 Å². The standard InChI is InChI=1S/C21H20N4O/c1-14(26)15-7-9-17(10-8-15)22-19-13-20(23-18-11-12-18)25-21(24-19)16-5-3-2-4-6-16/h2-10,13,18H,11-12H2,1H3,(H2,22,23,24,25). The summed E-state index contributed by atoms with van der Waals surface area (Å²) in [5.41, 5.74) is 2.55. The molecule has 2 aromatic carbocycles. The van der Waals surface area contributed by atoms with Crippen LogP contribution in [0.2, 0.25) is 0 Å². The lowest BCUT2D eigenvalue weighted by atomic mass is 10.1. The van der Waals surface area contributed by atoms with E-state index in [0.717, 1.165) is 22.9 Å². The van der Waals surface area contributed by atoms with E-state index in [0.29, 0.717) is 17.4 Å². The van der Waals surface area contributed by atoms with E-state index in [1.54, 1.807) is 6.92 Å². The molecule has 1 aliphatic rings. The number of aromatic nitrogens is 2. The molecular weight excluding hydrogens is 324 g/mol. The fraction of sp³-hybridized carbons (Fsp3) is 0.190. The van der Waals surface area contributed by atoms with Crippen molar-refractivity contribution in [2.75, 3.05) is 10.6 Å². The average Bonchev–Trinajstić information content (AvgIpc) is 3.47. The molecule has 0 saturated heterocycles. The van der Waals surface area contributed by atoms with Crippen molar-refractivity contribution in [1.29, 1.82) is 0 Å². The van der Waals surface area contributed by atoms with Crippen LogP contribution in [0.1, 0.15) is 30.1 Å². The van der Waals surface area contributed by atoms with Crippen molar-refractivity contribution < 1.29 is 4.79 Å². The van der Waals surface area contributed by atoms with Crippen molar-refractivity contribution in [3.8, 4) is 11.4 Å². The second kappa shape index (κ2) is 6.96. The van der Waals surface area contributed by atoms with Crippen LogP contribution in [0.4, 0.5) is 17.3 Å². The monoisotopic (exact) mass is 344 g/mol. The molecule has 0 bridgehead atoms. The minimum atomic E-state index is 0.0564. The van der Waals surface area contributed by atoms with Gasteiger partial charge in [0.15, 0.2) is 11.6 Å². The summed E-state index contributed by atoms with van der Waals surface area (Å²) in [6.07, 6.45) is 2.36. The van der Waals surface area contributed by atoms with Crippen LogP contribution in [0.25, 0.3) is 11.4 Å². The van der Waals surface area contributed by atoms with Crippen molar-refractivity contribution in [1.82, 2.24) is 9.97 Å². The number of carbonyl (C=O) groups excluding carboxylic acids is 1. The van der Waals surface area contributed by atoms with Crippen molar-refractivity contribution >= 4 is 23.1 Å². The van der Waals surface area contributed by atoms with Crippen LogP contribution in [0.5, 0.6) is 0 Å². The molecule has 130 valence electrons. The highest BCUT2D eigenvalue weighted by Crippen LogP contribution is 2.27. The molecule has 4 rings (SSSR count). The molecule has 1 saturated carbocycles. The number of anilines is 3. The van der Waals surface area contributed by atoms with Gasteiger partial charge in [0.2, 0.25) is 0 Å². The number of hydrogen-bond acceptors (Lipinski definition) is 5. The molecule has 26 heavy (non-hydrogen) atoms. The Kier molecular flexibility index (Phi) is 4.35. The van der Waals surface area contributed by atoms with E-state index in [9.17, 15) is 4.79 Å². The number of carbonyl (C=O) groups is 1. The SMILES string of the molecule is CC(=O)c1ccc(Nc2cc(NC3CC3)nc(-c3ccccc3)n2)cc1. The summed E-state index contributed by atoms with van der Waals surface area (Å²) in [4.78, 5) is 20.7. The van der Waals surface area contributed by atoms with Gasteiger partial charge in [-0.3, -0.25) is 4.79 Å². The van der Waals surface area contributed by atoms with Gasteiger partial charge >= 0.3 is 0 Å². The molecule has 1 aromatic heterocycles. The van der Waals surface area contributed by atoms with Gasteiger partial charge in [0.25, 0.3) is 0 Å². The molecule has 3 aromatic rings. The number of nitrogens with one attached hydrogen (secondary N) is 2. The first kappa shape index (κ1) is 16.3. The first-order valence-corrected chi connectivity index (χ1v) is 8.76. The Bertz CT molecular complexity index is 919. The van der Waals surface area contributed by atoms with Crippen molar-refractivity contribution in [2.45, 2.75) is 25.8 Å². The predicted octanol–water partition coefficient (Wildman–Crippen LogP) is 4.66. The topological polar surface area (TPSA) is 66.9 Å². The number of rotatable bonds is 6. The van der Waals surface area contributed by atoms with Crippen LogP contribution in [-0.2, 0) is 0 Å². The lowest BCUT2D eigenvalue weighted by Crippen LogP contribution is -2.06. The summed E-state index contributed by atoms with van der Waals surface area (Å²) in [5, 5.41) is 6.75. The molecule has 1 heterocycles. The van der Waals surface area contributed by atoms with Gasteiger partial charge in [-0.2, -0.15) is 0 Å². The Balaban J connectivity index is 1.64. The van der Waals surface area contributed by atoms with E-state index in [-0.39, 0.29) is 5.78 Å². The van der Waals surface area contributed by atoms with E-state index >= 15 is 0 Å². The fourth-order valence-electron chi connectivity index (χ4n) is 2.67. The Morgan fingerprint density at radius 1 is 0.962 bits per heavy atom. The van der Waals surface area contributed by atoms with Crippen LogP contribution in [0.3, 0.4) is 0 Å². The van der Waals surface area contributed by atoms with E-state index in [1.807, 2.05) is 60.7 Å². The van der Waals surface area contributed by atoms with Gasteiger partial charge in [0.05, 0.1) is 0 Å². The quantitative estimate of drug-likeness (QED) is 0.636. The Morgan fingerprint density at radius 3 is 2.31 bits per heavy atom. The summed E-state index contributed by atoms with van der Waals surface area (Å²) in [6.45, 7) is 1.56. The maximum absolute atomic E-state index is 11.4. The number of Topliss-reactive ketones (excluding diaryl/α,β-unsaturated/α-hetero) is 1. The van der Waals surface area contributed by atoms with Gasteiger partial charge in [0, 0.05) is 28.9 Å². The van der Waals surface area contributed by atoms with Gasteiger partial charge in [-0.05, 0) is 44.0 Å². The van der Waals surface area contributed by atoms with Gasteiger partial charge in [0.1, 0.15) is 11.6 Å². The zero-order valence-corrected chi connectivity index (χ0v) is 14.6. The Labute approximate surface area is 152 Å². The molecule has 1 fully saturated rings. The lowest BCUT2D eigenvalue weighted by molar-refractivity contribution is 0.101. The molecule has 0 atom stereocenters. The summed E-state index contributed by atoms with van der Waals surface area (Å²) in [7, 11) is 0. The molecule has 2 N–H and O–H groups in total. The predicted molar refractivity (Wildman–Crippen MR) is 104 cm³/mol. The van der Waals surface area contributed by atoms with E-state index in [4.69, 9.17) is 0 Å². The first-order chi connectivity index (χ1) is 12.7. The maximum Gasteiger partial charge on any atom is 0.163 e. The molecule has 5 nitrogen and oxygen atoms in total. The average molecular weight is 344 g/mol. The molecule has 0 amide bonds. The number of hydrogen-bond donors (Lipinski definition) is 2. The molecule has 0 radical (unpaired) electrons. The van der Waals surface area contributed by atoms with Crippen molar-refractivity contribution in [3.05, 3.63) is 66.2 Å². The van der Waals surface area contributed by atoms with Crippen LogP contribution in [0.15, 0.2) is 60.7 Å². The largest absolute Gasteiger partial charge is 0.367 e. The third kappa shape index (κ3) is 3.88. The number of benzene rings is 2. The second-order valence-corrected chi connectivity index (χ2v) is 6.51. The fourth-order valence-corrected chi connectivity index (χ4v) is 2.67. The summed E-state index contributed by atoms with van der Waals surface area (Å²) in [6, 6.07) is 19.8. The molecule has 1 aliphatic carbocycles. The van der Waals surface area contributed by atoms with E-state index < -0.39 is 0 Å². The molecule has 0 unspecified atom stereocenters. The van der Waals surface area contributed by atoms with Crippen LogP contribution < -0.4 is 10.6 Å². The Hall–Kier alpha value is -3.21. The summed E-state index contributed by atoms with van der Waals surface area (Å²) < 4.78 is 0. The van der Waals surface area contributed by atoms with Gasteiger partial charge < -0.3 is 10.6 Å². The Morgan fingerprint density at radius 2 is 1.65 bits per heavy atom. The van der Waals surface area contributed by atoms with Crippen LogP contribution in [-0.4, -0.2) is 21.8 Å². The first-order valence-electron chi connectivity index (χ1n) is 8.76. The maximum atomic E-state index is 11.4. The van der Waals surface area contributed by atoms with Crippen molar-refractivity contribution in [2.24, 2.45) is 0 Å². The van der Waals surface area contributed by atoms with Gasteiger partial charge in [-0.15, -0.1) is 0 Å². The number of nitrogens with zero attached hydrogens (tertiary/aromatic N) is 2. The highest BCUT2D eigenvalue weighted by molar-refractivity contribution is 5.94. The highest BCUT2D eigenvalue weighted by Gasteiger charge is 2.22. The lowest BCUT2D eigenvalue weighted by Gasteiger charge is -2.11. The zero-order chi connectivity index (χ0) is 17.9. The zero-order valence-electron chi connectivity index (χ0n) is 14.6. The third-order valence-corrected chi connectivity index (χ3v) is 4.25. The van der Waals surface area contributed by atoms with Gasteiger partial charge in [-0.25, -0.2) is 9.97 Å². The third-order valence-electron chi connectivity index (χ3n) is 4.25. The second-order valence-electron chi connectivity index (χ2n) is 6.51. The van der Waals surface area contributed by atoms with Crippen LogP contribution in [0, 0.1) is 0 Å². The minimum absolute atomic E-state index is 0.0564.